The first-order valence-corrected chi connectivity index (χ1v) is 11.1. The molecule has 2 aromatic carbocycles. The second kappa shape index (κ2) is 9.07. The first-order valence-electron chi connectivity index (χ1n) is 11.1. The molecular weight excluding hydrogens is 420 g/mol. The maximum Gasteiger partial charge on any atom is 0.278 e. The molecule has 1 atom stereocenters. The Morgan fingerprint density at radius 3 is 2.55 bits per heavy atom. The summed E-state index contributed by atoms with van der Waals surface area (Å²) in [6.07, 6.45) is 0.0448. The molecule has 0 fully saturated rings. The number of rotatable bonds is 7. The van der Waals surface area contributed by atoms with Gasteiger partial charge in [0.1, 0.15) is 17.6 Å². The van der Waals surface area contributed by atoms with Gasteiger partial charge in [-0.15, -0.1) is 0 Å². The normalized spacial score (nSPS) is 15.5. The molecule has 3 heterocycles. The molecule has 1 aliphatic rings. The van der Waals surface area contributed by atoms with Crippen LogP contribution >= 0.6 is 0 Å². The van der Waals surface area contributed by atoms with Crippen molar-refractivity contribution < 1.29 is 18.7 Å². The summed E-state index contributed by atoms with van der Waals surface area (Å²) in [6.45, 7) is 7.68. The quantitative estimate of drug-likeness (QED) is 0.392. The second-order valence-corrected chi connectivity index (χ2v) is 8.12. The van der Waals surface area contributed by atoms with Crippen molar-refractivity contribution in [3.63, 3.8) is 0 Å². The maximum atomic E-state index is 6.07. The van der Waals surface area contributed by atoms with Crippen LogP contribution in [0.4, 0.5) is 0 Å². The molecule has 0 N–H and O–H groups in total. The summed E-state index contributed by atoms with van der Waals surface area (Å²) in [7, 11) is 0. The SMILES string of the molecule is CCOc1ccc([C@@H]2Cn3nc(-c4nc(-c5ccc(OC(C)C)cc5)no4)cc3CO2)cc1. The molecule has 33 heavy (non-hydrogen) atoms. The van der Waals surface area contributed by atoms with Crippen LogP contribution in [0, 0.1) is 0 Å². The van der Waals surface area contributed by atoms with Gasteiger partial charge in [-0.25, -0.2) is 0 Å². The second-order valence-electron chi connectivity index (χ2n) is 8.12. The Hall–Kier alpha value is -3.65. The van der Waals surface area contributed by atoms with Gasteiger partial charge in [0.2, 0.25) is 5.82 Å². The Morgan fingerprint density at radius 1 is 1.06 bits per heavy atom. The predicted molar refractivity (Wildman–Crippen MR) is 122 cm³/mol. The summed E-state index contributed by atoms with van der Waals surface area (Å²) in [6, 6.07) is 17.6. The van der Waals surface area contributed by atoms with Gasteiger partial charge in [0.05, 0.1) is 31.6 Å². The molecule has 1 aliphatic heterocycles. The van der Waals surface area contributed by atoms with Crippen LogP contribution in [0.3, 0.4) is 0 Å². The van der Waals surface area contributed by atoms with E-state index in [-0.39, 0.29) is 12.2 Å². The molecule has 8 heteroatoms. The van der Waals surface area contributed by atoms with Crippen molar-refractivity contribution in [1.29, 1.82) is 0 Å². The summed E-state index contributed by atoms with van der Waals surface area (Å²) in [5, 5.41) is 8.82. The van der Waals surface area contributed by atoms with Crippen molar-refractivity contribution in [3.8, 4) is 34.5 Å². The van der Waals surface area contributed by atoms with Gasteiger partial charge < -0.3 is 18.7 Å². The summed E-state index contributed by atoms with van der Waals surface area (Å²) >= 11 is 0. The van der Waals surface area contributed by atoms with E-state index < -0.39 is 0 Å². The lowest BCUT2D eigenvalue weighted by atomic mass is 10.1. The summed E-state index contributed by atoms with van der Waals surface area (Å²) in [4.78, 5) is 4.54. The third kappa shape index (κ3) is 4.61. The van der Waals surface area contributed by atoms with Crippen LogP contribution in [-0.2, 0) is 17.9 Å². The van der Waals surface area contributed by atoms with Gasteiger partial charge in [-0.3, -0.25) is 4.68 Å². The van der Waals surface area contributed by atoms with Gasteiger partial charge >= 0.3 is 0 Å². The number of nitrogens with zero attached hydrogens (tertiary/aromatic N) is 4. The summed E-state index contributed by atoms with van der Waals surface area (Å²) < 4.78 is 24.7. The Kier molecular flexibility index (Phi) is 5.83. The largest absolute Gasteiger partial charge is 0.494 e. The molecular formula is C25H26N4O4. The molecule has 0 radical (unpaired) electrons. The van der Waals surface area contributed by atoms with E-state index in [1.54, 1.807) is 0 Å². The van der Waals surface area contributed by atoms with Crippen LogP contribution in [0.5, 0.6) is 11.5 Å². The minimum absolute atomic E-state index is 0.0780. The number of fused-ring (bicyclic) bond motifs is 1. The van der Waals surface area contributed by atoms with E-state index in [2.05, 4.69) is 10.1 Å². The van der Waals surface area contributed by atoms with Gasteiger partial charge in [0.25, 0.3) is 5.89 Å². The molecule has 0 unspecified atom stereocenters. The number of hydrogen-bond acceptors (Lipinski definition) is 7. The zero-order valence-electron chi connectivity index (χ0n) is 18.9. The highest BCUT2D eigenvalue weighted by Crippen LogP contribution is 2.30. The smallest absolute Gasteiger partial charge is 0.278 e. The average molecular weight is 447 g/mol. The third-order valence-electron chi connectivity index (χ3n) is 5.33. The van der Waals surface area contributed by atoms with E-state index in [1.165, 1.54) is 0 Å². The number of aromatic nitrogens is 4. The molecule has 170 valence electrons. The van der Waals surface area contributed by atoms with Crippen LogP contribution < -0.4 is 9.47 Å². The Morgan fingerprint density at radius 2 is 1.82 bits per heavy atom. The van der Waals surface area contributed by atoms with E-state index in [0.29, 0.717) is 37.2 Å². The number of ether oxygens (including phenoxy) is 3. The van der Waals surface area contributed by atoms with Crippen molar-refractivity contribution in [2.75, 3.05) is 6.61 Å². The van der Waals surface area contributed by atoms with E-state index >= 15 is 0 Å². The highest BCUT2D eigenvalue weighted by molar-refractivity contribution is 5.59. The fraction of sp³-hybridized carbons (Fsp3) is 0.320. The number of hydrogen-bond donors (Lipinski definition) is 0. The standard InChI is InChI=1S/C25H26N4O4/c1-4-30-20-9-5-17(6-10-20)23-14-29-19(15-31-23)13-22(27-29)25-26-24(28-33-25)18-7-11-21(12-8-18)32-16(2)3/h5-13,16,23H,4,14-15H2,1-3H3/t23-/m0/s1. The molecule has 0 amide bonds. The van der Waals surface area contributed by atoms with Gasteiger partial charge in [-0.05, 0) is 68.8 Å². The van der Waals surface area contributed by atoms with Crippen molar-refractivity contribution >= 4 is 0 Å². The molecule has 8 nitrogen and oxygen atoms in total. The fourth-order valence-electron chi connectivity index (χ4n) is 3.78. The Balaban J connectivity index is 1.30. The summed E-state index contributed by atoms with van der Waals surface area (Å²) in [5.41, 5.74) is 3.55. The van der Waals surface area contributed by atoms with Crippen LogP contribution in [0.25, 0.3) is 23.0 Å². The summed E-state index contributed by atoms with van der Waals surface area (Å²) in [5.74, 6) is 2.55. The van der Waals surface area contributed by atoms with Crippen molar-refractivity contribution in [2.45, 2.75) is 46.1 Å². The molecule has 0 saturated carbocycles. The third-order valence-corrected chi connectivity index (χ3v) is 5.33. The highest BCUT2D eigenvalue weighted by Gasteiger charge is 2.24. The molecule has 5 rings (SSSR count). The predicted octanol–water partition coefficient (Wildman–Crippen LogP) is 5.06. The van der Waals surface area contributed by atoms with E-state index in [1.807, 2.05) is 80.1 Å². The molecule has 4 aromatic rings. The lowest BCUT2D eigenvalue weighted by Gasteiger charge is -2.24. The average Bonchev–Trinajstić information content (AvgIpc) is 3.47. The van der Waals surface area contributed by atoms with E-state index in [9.17, 15) is 0 Å². The monoisotopic (exact) mass is 446 g/mol. The zero-order chi connectivity index (χ0) is 22.8. The topological polar surface area (TPSA) is 84.4 Å². The van der Waals surface area contributed by atoms with Gasteiger partial charge in [-0.1, -0.05) is 17.3 Å². The lowest BCUT2D eigenvalue weighted by molar-refractivity contribution is -0.00115. The highest BCUT2D eigenvalue weighted by atomic mass is 16.5. The number of benzene rings is 2. The van der Waals surface area contributed by atoms with Crippen molar-refractivity contribution in [1.82, 2.24) is 19.9 Å². The first kappa shape index (κ1) is 21.2. The van der Waals surface area contributed by atoms with Crippen LogP contribution in [0.2, 0.25) is 0 Å². The minimum Gasteiger partial charge on any atom is -0.494 e. The minimum atomic E-state index is -0.0780. The lowest BCUT2D eigenvalue weighted by Crippen LogP contribution is -2.21. The van der Waals surface area contributed by atoms with Gasteiger partial charge in [0.15, 0.2) is 5.69 Å². The molecule has 2 aromatic heterocycles. The van der Waals surface area contributed by atoms with E-state index in [0.717, 1.165) is 28.3 Å². The maximum absolute atomic E-state index is 6.07. The van der Waals surface area contributed by atoms with Crippen molar-refractivity contribution in [2.24, 2.45) is 0 Å². The van der Waals surface area contributed by atoms with Gasteiger partial charge in [0, 0.05) is 5.56 Å². The molecule has 0 bridgehead atoms. The molecule has 0 spiro atoms. The van der Waals surface area contributed by atoms with Gasteiger partial charge in [-0.2, -0.15) is 10.1 Å². The van der Waals surface area contributed by atoms with Crippen LogP contribution in [0.1, 0.15) is 38.1 Å². The van der Waals surface area contributed by atoms with Crippen molar-refractivity contribution in [3.05, 3.63) is 65.9 Å². The van der Waals surface area contributed by atoms with Crippen LogP contribution in [-0.4, -0.2) is 32.6 Å². The van der Waals surface area contributed by atoms with E-state index in [4.69, 9.17) is 23.8 Å². The zero-order valence-corrected chi connectivity index (χ0v) is 18.9. The molecule has 0 aliphatic carbocycles. The Labute approximate surface area is 192 Å². The molecule has 0 saturated heterocycles. The van der Waals surface area contributed by atoms with Crippen LogP contribution in [0.15, 0.2) is 59.1 Å². The fourth-order valence-corrected chi connectivity index (χ4v) is 3.78. The first-order chi connectivity index (χ1) is 16.1. The Bertz CT molecular complexity index is 1210.